The third kappa shape index (κ3) is 36.8. The Morgan fingerprint density at radius 3 is 0.982 bits per heavy atom. The van der Waals surface area contributed by atoms with E-state index in [4.69, 9.17) is 23.2 Å². The normalized spacial score (nSPS) is 15.4. The summed E-state index contributed by atoms with van der Waals surface area (Å²) in [6.45, 7) is 28.6. The van der Waals surface area contributed by atoms with Gasteiger partial charge in [0.25, 0.3) is 0 Å². The largest absolute Gasteiger partial charge is 0.396 e. The van der Waals surface area contributed by atoms with E-state index in [0.717, 1.165) is 106 Å². The van der Waals surface area contributed by atoms with E-state index < -0.39 is 65.9 Å². The highest BCUT2D eigenvalue weighted by Gasteiger charge is 2.38. The molecule has 4 N–H and O–H groups in total. The Kier molecular flexibility index (Phi) is 49.0. The summed E-state index contributed by atoms with van der Waals surface area (Å²) in [5.41, 5.74) is 9.26. The first-order valence-corrected chi connectivity index (χ1v) is 53.1. The van der Waals surface area contributed by atoms with E-state index in [1.54, 1.807) is 133 Å². The summed E-state index contributed by atoms with van der Waals surface area (Å²) in [7, 11) is -22.2. The first-order valence-electron chi connectivity index (χ1n) is 35.5. The molecule has 624 valence electrons. The lowest BCUT2D eigenvalue weighted by atomic mass is 10.1. The maximum absolute atomic E-state index is 13.3. The summed E-state index contributed by atoms with van der Waals surface area (Å²) in [5, 5.41) is 16.3. The number of hydrogen-bond acceptors (Lipinski definition) is 18. The van der Waals surface area contributed by atoms with Gasteiger partial charge in [-0.3, -0.25) is 4.79 Å². The number of thiol groups is 1. The van der Waals surface area contributed by atoms with Crippen LogP contribution in [-0.2, 0) is 64.7 Å². The van der Waals surface area contributed by atoms with Crippen molar-refractivity contribution >= 4 is 203 Å². The molecule has 6 aromatic rings. The highest BCUT2D eigenvalue weighted by Crippen LogP contribution is 2.28. The number of benzene rings is 6. The van der Waals surface area contributed by atoms with Crippen molar-refractivity contribution < 1.29 is 60.4 Å². The highest BCUT2D eigenvalue weighted by molar-refractivity contribution is 14.1. The maximum atomic E-state index is 13.3. The number of aryl methyl sites for hydroxylation is 6. The van der Waals surface area contributed by atoms with Crippen molar-refractivity contribution in [3.8, 4) is 0 Å². The van der Waals surface area contributed by atoms with Crippen molar-refractivity contribution in [1.82, 2.24) is 32.6 Å². The Morgan fingerprint density at radius 2 is 0.741 bits per heavy atom. The second-order valence-electron chi connectivity index (χ2n) is 26.6. The molecule has 112 heavy (non-hydrogen) atoms. The molecule has 0 radical (unpaired) electrons. The summed E-state index contributed by atoms with van der Waals surface area (Å²) in [6.07, 6.45) is 0.210. The van der Waals surface area contributed by atoms with Gasteiger partial charge in [0.2, 0.25) is 50.1 Å². The minimum atomic E-state index is -3.80. The minimum Gasteiger partial charge on any atom is -0.396 e. The molecular formula is C77H107Cl2I4N7O14S8. The van der Waals surface area contributed by atoms with Crippen LogP contribution in [-0.4, -0.2) is 216 Å². The number of nitrogens with zero attached hydrogens (tertiary/aromatic N) is 4. The number of aliphatic hydroxyl groups is 1. The van der Waals surface area contributed by atoms with Gasteiger partial charge in [-0.1, -0.05) is 239 Å². The van der Waals surface area contributed by atoms with Crippen LogP contribution in [0.1, 0.15) is 46.7 Å². The molecule has 6 aromatic carbocycles. The zero-order valence-electron chi connectivity index (χ0n) is 64.3. The average molecular weight is 2190 g/mol. The van der Waals surface area contributed by atoms with Gasteiger partial charge in [0.15, 0.2) is 15.0 Å². The molecule has 21 nitrogen and oxygen atoms in total. The number of sulfonamides is 5. The van der Waals surface area contributed by atoms with Crippen LogP contribution in [0.4, 0.5) is 0 Å². The Morgan fingerprint density at radius 1 is 0.464 bits per heavy atom. The van der Waals surface area contributed by atoms with Crippen LogP contribution < -0.4 is 15.4 Å². The van der Waals surface area contributed by atoms with Gasteiger partial charge in [-0.15, -0.1) is 23.2 Å². The van der Waals surface area contributed by atoms with Gasteiger partial charge in [0, 0.05) is 127 Å². The lowest BCUT2D eigenvalue weighted by Gasteiger charge is -2.24. The Balaban J connectivity index is 0.000000374. The summed E-state index contributed by atoms with van der Waals surface area (Å²) in [4.78, 5) is 12.6. The van der Waals surface area contributed by atoms with E-state index >= 15 is 0 Å². The van der Waals surface area contributed by atoms with Crippen molar-refractivity contribution in [2.75, 3.05) is 138 Å². The first kappa shape index (κ1) is 104. The van der Waals surface area contributed by atoms with Gasteiger partial charge >= 0.3 is 0 Å². The maximum Gasteiger partial charge on any atom is 0.243 e. The number of thioether (sulfide) groups is 1. The van der Waals surface area contributed by atoms with Crippen molar-refractivity contribution in [3.05, 3.63) is 215 Å². The second-order valence-corrected chi connectivity index (χ2v) is 43.4. The fourth-order valence-electron chi connectivity index (χ4n) is 10.1. The van der Waals surface area contributed by atoms with Gasteiger partial charge in [-0.05, 0) is 157 Å². The van der Waals surface area contributed by atoms with Crippen LogP contribution in [0.2, 0.25) is 0 Å². The van der Waals surface area contributed by atoms with Crippen LogP contribution in [0.25, 0.3) is 0 Å². The van der Waals surface area contributed by atoms with Crippen LogP contribution in [0, 0.1) is 59.3 Å². The fourth-order valence-corrected chi connectivity index (χ4v) is 22.9. The SMILES string of the molecule is C=C(CCl)CCl.C=C(CI)CI.C=C(CI)CI.CC(=O)SCC1CN(S(=O)(=O)c2ccc(C)cc2)CCN(S(=O)(=O)c2ccc(C)cc2)C1.Cc1ccc(S(=O)(=O)CCCNS(=O)(=O)c2ccc(C)cc2)cc1.Cc1ccc(S(=O)(=O)N2CCN(S(=O)(=O)c3ccc(C)cc3)CC(CO)C2)cc1.SCC1CNCCNC1. The molecule has 3 aliphatic heterocycles. The van der Waals surface area contributed by atoms with Crippen molar-refractivity contribution in [2.24, 2.45) is 17.8 Å². The summed E-state index contributed by atoms with van der Waals surface area (Å²) >= 11 is 25.1. The van der Waals surface area contributed by atoms with E-state index in [-0.39, 0.29) is 118 Å². The summed E-state index contributed by atoms with van der Waals surface area (Å²) in [5.74, 6) is 2.05. The Hall–Kier alpha value is -2.21. The molecule has 0 unspecified atom stereocenters. The Bertz CT molecular complexity index is 4300. The van der Waals surface area contributed by atoms with E-state index in [1.165, 1.54) is 47.4 Å². The molecule has 0 aromatic heterocycles. The molecule has 0 bridgehead atoms. The number of hydrogen-bond donors (Lipinski definition) is 5. The molecule has 3 fully saturated rings. The van der Waals surface area contributed by atoms with Crippen LogP contribution in [0.3, 0.4) is 0 Å². The summed E-state index contributed by atoms with van der Waals surface area (Å²) < 4.78 is 166. The third-order valence-corrected chi connectivity index (χ3v) is 34.2. The van der Waals surface area contributed by atoms with Crippen LogP contribution in [0.5, 0.6) is 0 Å². The van der Waals surface area contributed by atoms with E-state index in [9.17, 15) is 60.4 Å². The van der Waals surface area contributed by atoms with Crippen molar-refractivity contribution in [2.45, 2.75) is 84.3 Å². The highest BCUT2D eigenvalue weighted by atomic mass is 127. The van der Waals surface area contributed by atoms with Gasteiger partial charge in [0.05, 0.1) is 35.1 Å². The molecule has 0 amide bonds. The van der Waals surface area contributed by atoms with E-state index in [0.29, 0.717) is 17.5 Å². The number of alkyl halides is 6. The molecule has 0 saturated carbocycles. The number of nitrogens with one attached hydrogen (secondary N) is 3. The molecule has 9 rings (SSSR count). The van der Waals surface area contributed by atoms with Crippen LogP contribution in [0.15, 0.2) is 211 Å². The number of carbonyl (C=O) groups is 1. The minimum absolute atomic E-state index is 0.0256. The van der Waals surface area contributed by atoms with Gasteiger partial charge < -0.3 is 15.7 Å². The average Bonchev–Trinajstić information content (AvgIpc) is 1.63. The van der Waals surface area contributed by atoms with Gasteiger partial charge in [0.1, 0.15) is 0 Å². The molecule has 0 spiro atoms. The predicted molar refractivity (Wildman–Crippen MR) is 499 cm³/mol. The number of halogens is 6. The van der Waals surface area contributed by atoms with E-state index in [1.807, 2.05) is 41.5 Å². The van der Waals surface area contributed by atoms with Gasteiger partial charge in [-0.25, -0.2) is 55.2 Å². The lowest BCUT2D eigenvalue weighted by molar-refractivity contribution is -0.109. The number of rotatable bonds is 25. The molecule has 35 heteroatoms. The lowest BCUT2D eigenvalue weighted by Crippen LogP contribution is -2.37. The molecular weight excluding hydrogens is 2080 g/mol. The van der Waals surface area contributed by atoms with E-state index in [2.05, 4.69) is 138 Å². The number of carbonyl (C=O) groups excluding carboxylic acids is 1. The third-order valence-electron chi connectivity index (χ3n) is 16.8. The van der Waals surface area contributed by atoms with Gasteiger partial charge in [-0.2, -0.15) is 29.8 Å². The second kappa shape index (κ2) is 52.8. The summed E-state index contributed by atoms with van der Waals surface area (Å²) in [6, 6.07) is 39.4. The molecule has 3 saturated heterocycles. The van der Waals surface area contributed by atoms with Crippen molar-refractivity contribution in [3.63, 3.8) is 0 Å². The number of allylic oxidation sites excluding steroid dienone is 3. The zero-order valence-corrected chi connectivity index (χ0v) is 81.0. The standard InChI is InChI=1S/C22H28N2O5S3.C20H26N2O5S2.C17H21NO4S2.C6H14N2S.C4H6Cl2.2C4H6I2/c1-17-4-8-21(9-5-17)31(26,27)23-12-13-24(15-20(14-23)16-30-19(3)25)32(28,29)22-10-6-18(2)7-11-22;1-16-3-7-19(8-4-16)28(24,25)21-11-12-22(14-18(13-21)15-23)29(26,27)20-9-5-17(2)6-10-20;1-14-4-8-16(9-5-14)23(19,20)13-3-12-18-24(21,22)17-10-6-15(2)7-11-17;9-5-6-3-7-1-2-8-4-6;3*1-4(2-5)3-6/h4-11,20H,12-16H2,1-3H3;3-10,18,23H,11-15H2,1-2H3;4-11,18H,3,12-13H2,1-2H3;6-9H,1-5H2;3*1-3H2. The number of sulfone groups is 1. The Labute approximate surface area is 743 Å². The topological polar surface area (TPSA) is 291 Å². The van der Waals surface area contributed by atoms with Crippen LogP contribution >= 0.6 is 138 Å². The monoisotopic (exact) mass is 2190 g/mol. The fraction of sp³-hybridized carbons (Fsp3) is 0.442. The molecule has 3 aliphatic rings. The smallest absolute Gasteiger partial charge is 0.243 e. The zero-order chi connectivity index (χ0) is 84.0. The molecule has 0 atom stereocenters. The molecule has 3 heterocycles. The van der Waals surface area contributed by atoms with Crippen molar-refractivity contribution in [1.29, 1.82) is 0 Å². The quantitative estimate of drug-likeness (QED) is 0.0117. The molecule has 0 aliphatic carbocycles. The number of aliphatic hydroxyl groups excluding tert-OH is 1. The first-order chi connectivity index (χ1) is 52.7. The predicted octanol–water partition coefficient (Wildman–Crippen LogP) is 13.5.